The molecule has 2 heterocycles. The molecule has 3 rings (SSSR count). The van der Waals surface area contributed by atoms with Gasteiger partial charge in [0, 0.05) is 0 Å². The van der Waals surface area contributed by atoms with Crippen molar-refractivity contribution in [3.05, 3.63) is 52.8 Å². The van der Waals surface area contributed by atoms with E-state index in [1.807, 2.05) is 0 Å². The third-order valence-electron chi connectivity index (χ3n) is 6.06. The van der Waals surface area contributed by atoms with E-state index < -0.39 is 79.4 Å². The highest BCUT2D eigenvalue weighted by molar-refractivity contribution is 7.52. The molecule has 0 saturated carbocycles. The first-order valence-corrected chi connectivity index (χ1v) is 13.8. The first-order valence-electron chi connectivity index (χ1n) is 12.3. The summed E-state index contributed by atoms with van der Waals surface area (Å²) in [5.74, 6) is -2.44. The Kier molecular flexibility index (Phi) is 9.39. The topological polar surface area (TPSA) is 190 Å². The van der Waals surface area contributed by atoms with Crippen LogP contribution in [0.15, 0.2) is 41.3 Å². The van der Waals surface area contributed by atoms with E-state index in [-0.39, 0.29) is 5.75 Å². The predicted octanol–water partition coefficient (Wildman–Crippen LogP) is 1.80. The Morgan fingerprint density at radius 2 is 1.95 bits per heavy atom. The van der Waals surface area contributed by atoms with Gasteiger partial charge < -0.3 is 30.6 Å². The van der Waals surface area contributed by atoms with E-state index in [0.717, 1.165) is 0 Å². The molecular weight excluding hydrogens is 555 g/mol. The van der Waals surface area contributed by atoms with Crippen molar-refractivity contribution in [3.8, 4) is 5.75 Å². The van der Waals surface area contributed by atoms with E-state index in [0.29, 0.717) is 10.8 Å². The summed E-state index contributed by atoms with van der Waals surface area (Å²) in [5, 5.41) is 13.6. The van der Waals surface area contributed by atoms with E-state index in [9.17, 15) is 28.0 Å². The van der Waals surface area contributed by atoms with Gasteiger partial charge in [-0.05, 0) is 46.8 Å². The molecule has 0 radical (unpaired) electrons. The number of carbonyl (C=O) groups excluding carboxylic acids is 1. The molecule has 6 atom stereocenters. The standard InChI is InChI=1S/C24H34F2N5O8P/c1-13(2)36-20(33)14(3)30-40(35,38-15-9-7-6-8-10-15)39-23(4,5)18-17(32)24(28,12-25)21(37-18)31-11-16(26)19(27)29-22(31)34/h6-11,13-14,17-18,21,32H,12,28H2,1-5H3,(H,30,35)(H2,27,29,34)/t14-,17?,18-,21+,24+,40?/m0/s1. The number of aliphatic hydroxyl groups excluding tert-OH is 1. The van der Waals surface area contributed by atoms with E-state index in [4.69, 9.17) is 30.0 Å². The molecule has 1 saturated heterocycles. The van der Waals surface area contributed by atoms with Gasteiger partial charge in [-0.2, -0.15) is 10.1 Å². The van der Waals surface area contributed by atoms with Gasteiger partial charge in [-0.3, -0.25) is 13.9 Å². The van der Waals surface area contributed by atoms with Gasteiger partial charge in [0.15, 0.2) is 17.9 Å². The molecule has 13 nitrogen and oxygen atoms in total. The second-order valence-electron chi connectivity index (χ2n) is 10.2. The Morgan fingerprint density at radius 1 is 1.32 bits per heavy atom. The summed E-state index contributed by atoms with van der Waals surface area (Å²) in [6, 6.07) is 6.70. The number of esters is 1. The summed E-state index contributed by atoms with van der Waals surface area (Å²) < 4.78 is 65.5. The molecule has 2 aromatic rings. The number of aromatic nitrogens is 2. The minimum atomic E-state index is -4.49. The molecule has 2 unspecified atom stereocenters. The Balaban J connectivity index is 1.97. The van der Waals surface area contributed by atoms with Crippen LogP contribution in [0.1, 0.15) is 40.8 Å². The first kappa shape index (κ1) is 31.6. The molecular formula is C24H34F2N5O8P. The number of hydrogen-bond donors (Lipinski definition) is 4. The van der Waals surface area contributed by atoms with Gasteiger partial charge in [0.1, 0.15) is 41.8 Å². The highest BCUT2D eigenvalue weighted by Crippen LogP contribution is 2.52. The lowest BCUT2D eigenvalue weighted by atomic mass is 9.86. The summed E-state index contributed by atoms with van der Waals surface area (Å²) in [5.41, 5.74) is 6.29. The van der Waals surface area contributed by atoms with E-state index in [1.54, 1.807) is 32.0 Å². The van der Waals surface area contributed by atoms with Gasteiger partial charge in [-0.15, -0.1) is 0 Å². The van der Waals surface area contributed by atoms with Crippen LogP contribution in [0, 0.1) is 5.82 Å². The van der Waals surface area contributed by atoms with Crippen molar-refractivity contribution < 1.29 is 41.8 Å². The average Bonchev–Trinajstić information content (AvgIpc) is 3.12. The number of rotatable bonds is 11. The minimum Gasteiger partial charge on any atom is -0.462 e. The molecule has 1 fully saturated rings. The second kappa shape index (κ2) is 11.9. The van der Waals surface area contributed by atoms with Crippen LogP contribution in [0.4, 0.5) is 14.6 Å². The predicted molar refractivity (Wildman–Crippen MR) is 139 cm³/mol. The summed E-state index contributed by atoms with van der Waals surface area (Å²) in [6.45, 7) is 5.91. The van der Waals surface area contributed by atoms with Gasteiger partial charge in [-0.1, -0.05) is 18.2 Å². The van der Waals surface area contributed by atoms with Crippen molar-refractivity contribution in [2.24, 2.45) is 5.73 Å². The van der Waals surface area contributed by atoms with Crippen LogP contribution in [-0.4, -0.2) is 62.8 Å². The molecule has 0 aliphatic carbocycles. The zero-order valence-electron chi connectivity index (χ0n) is 22.6. The molecule has 1 aromatic carbocycles. The van der Waals surface area contributed by atoms with Crippen LogP contribution < -0.4 is 26.8 Å². The molecule has 222 valence electrons. The smallest absolute Gasteiger partial charge is 0.460 e. The normalized spacial score (nSPS) is 25.4. The number of para-hydroxylation sites is 1. The van der Waals surface area contributed by atoms with Gasteiger partial charge >= 0.3 is 19.4 Å². The number of nitrogens with two attached hydrogens (primary N) is 2. The third-order valence-corrected chi connectivity index (χ3v) is 7.92. The Hall–Kier alpha value is -2.94. The van der Waals surface area contributed by atoms with Crippen LogP contribution in [0.5, 0.6) is 5.75 Å². The maximum absolute atomic E-state index is 14.3. The van der Waals surface area contributed by atoms with Crippen molar-refractivity contribution in [1.29, 1.82) is 0 Å². The van der Waals surface area contributed by atoms with Crippen molar-refractivity contribution in [2.45, 2.75) is 76.3 Å². The van der Waals surface area contributed by atoms with Crippen LogP contribution in [0.3, 0.4) is 0 Å². The van der Waals surface area contributed by atoms with E-state index in [2.05, 4.69) is 10.1 Å². The van der Waals surface area contributed by atoms with Crippen molar-refractivity contribution >= 4 is 19.5 Å². The quantitative estimate of drug-likeness (QED) is 0.220. The molecule has 16 heteroatoms. The number of hydrogen-bond acceptors (Lipinski definition) is 11. The maximum atomic E-state index is 14.3. The van der Waals surface area contributed by atoms with Gasteiger partial charge in [-0.25, -0.2) is 18.1 Å². The number of benzene rings is 1. The molecule has 40 heavy (non-hydrogen) atoms. The maximum Gasteiger partial charge on any atom is 0.460 e. The number of carbonyl (C=O) groups is 1. The van der Waals surface area contributed by atoms with Crippen LogP contribution >= 0.6 is 7.75 Å². The fraction of sp³-hybridized carbons (Fsp3) is 0.542. The minimum absolute atomic E-state index is 0.108. The highest BCUT2D eigenvalue weighted by atomic mass is 31.2. The van der Waals surface area contributed by atoms with E-state index in [1.165, 1.54) is 32.9 Å². The van der Waals surface area contributed by atoms with Crippen LogP contribution in [-0.2, 0) is 23.4 Å². The van der Waals surface area contributed by atoms with Gasteiger partial charge in [0.05, 0.1) is 12.3 Å². The molecule has 1 aliphatic heterocycles. The third kappa shape index (κ3) is 6.67. The molecule has 0 spiro atoms. The number of alkyl halides is 1. The molecule has 0 amide bonds. The number of aliphatic hydroxyl groups is 1. The number of nitrogen functional groups attached to an aromatic ring is 1. The lowest BCUT2D eigenvalue weighted by Crippen LogP contribution is -2.59. The summed E-state index contributed by atoms with van der Waals surface area (Å²) in [7, 11) is -4.49. The Bertz CT molecular complexity index is 1310. The molecule has 1 aliphatic rings. The molecule has 1 aromatic heterocycles. The molecule has 0 bridgehead atoms. The van der Waals surface area contributed by atoms with Crippen molar-refractivity contribution in [3.63, 3.8) is 0 Å². The Labute approximate surface area is 229 Å². The van der Waals surface area contributed by atoms with Crippen molar-refractivity contribution in [2.75, 3.05) is 12.4 Å². The lowest BCUT2D eigenvalue weighted by molar-refractivity contribution is -0.149. The number of ether oxygens (including phenoxy) is 2. The largest absolute Gasteiger partial charge is 0.462 e. The monoisotopic (exact) mass is 589 g/mol. The average molecular weight is 590 g/mol. The van der Waals surface area contributed by atoms with E-state index >= 15 is 0 Å². The van der Waals surface area contributed by atoms with Crippen molar-refractivity contribution in [1.82, 2.24) is 14.6 Å². The number of nitrogens with zero attached hydrogens (tertiary/aromatic N) is 2. The highest BCUT2D eigenvalue weighted by Gasteiger charge is 2.61. The zero-order chi connectivity index (χ0) is 30.0. The fourth-order valence-corrected chi connectivity index (χ4v) is 5.93. The summed E-state index contributed by atoms with van der Waals surface area (Å²) >= 11 is 0. The molecule has 6 N–H and O–H groups in total. The fourth-order valence-electron chi connectivity index (χ4n) is 4.08. The van der Waals surface area contributed by atoms with Crippen LogP contribution in [0.25, 0.3) is 0 Å². The van der Waals surface area contributed by atoms with Gasteiger partial charge in [0.25, 0.3) is 0 Å². The number of anilines is 1. The Morgan fingerprint density at radius 3 is 2.52 bits per heavy atom. The van der Waals surface area contributed by atoms with Gasteiger partial charge in [0.2, 0.25) is 0 Å². The zero-order valence-corrected chi connectivity index (χ0v) is 23.5. The second-order valence-corrected chi connectivity index (χ2v) is 11.8. The first-order chi connectivity index (χ1) is 18.5. The summed E-state index contributed by atoms with van der Waals surface area (Å²) in [6.07, 6.45) is -5.03. The number of halogens is 2. The SMILES string of the molecule is CC(C)OC(=O)[C@H](C)NP(=O)(Oc1ccccc1)OC(C)(C)[C@H]1O[C@@H](n2cc(F)c(N)nc2=O)[C@@](N)(CF)C1O. The summed E-state index contributed by atoms with van der Waals surface area (Å²) in [4.78, 5) is 28.2. The number of nitrogens with one attached hydrogen (secondary N) is 1. The lowest BCUT2D eigenvalue weighted by Gasteiger charge is -2.37. The van der Waals surface area contributed by atoms with Crippen LogP contribution in [0.2, 0.25) is 0 Å².